The molecule has 0 spiro atoms. The van der Waals surface area contributed by atoms with E-state index in [0.717, 1.165) is 20.6 Å². The van der Waals surface area contributed by atoms with Crippen LogP contribution in [0.1, 0.15) is 17.3 Å². The van der Waals surface area contributed by atoms with Gasteiger partial charge < -0.3 is 4.74 Å². The van der Waals surface area contributed by atoms with Gasteiger partial charge in [-0.25, -0.2) is 4.98 Å². The number of aromatic nitrogens is 1. The fourth-order valence-corrected chi connectivity index (χ4v) is 3.56. The summed E-state index contributed by atoms with van der Waals surface area (Å²) in [5.41, 5.74) is 2.36. The van der Waals surface area contributed by atoms with Crippen LogP contribution in [0.2, 0.25) is 0 Å². The average molecular weight is 450 g/mol. The Kier molecular flexibility index (Phi) is 5.47. The normalized spacial score (nSPS) is 10.4. The Morgan fingerprint density at radius 1 is 1.21 bits per heavy atom. The maximum Gasteiger partial charge on any atom is 0.258 e. The second-order valence-electron chi connectivity index (χ2n) is 4.90. The molecule has 1 N–H and O–H groups in total. The number of carbonyl (C=O) groups excluding carboxylic acids is 1. The quantitative estimate of drug-likeness (QED) is 0.553. The minimum absolute atomic E-state index is 0.154. The molecule has 0 fully saturated rings. The Morgan fingerprint density at radius 2 is 1.96 bits per heavy atom. The van der Waals surface area contributed by atoms with E-state index < -0.39 is 0 Å². The van der Waals surface area contributed by atoms with Gasteiger partial charge in [0.05, 0.1) is 17.9 Å². The van der Waals surface area contributed by atoms with E-state index in [1.807, 2.05) is 54.8 Å². The van der Waals surface area contributed by atoms with Crippen LogP contribution in [0.5, 0.6) is 5.75 Å². The number of hydrogen-bond acceptors (Lipinski definition) is 4. The molecule has 3 aromatic rings. The predicted molar refractivity (Wildman–Crippen MR) is 106 cm³/mol. The number of nitrogens with zero attached hydrogens (tertiary/aromatic N) is 1. The first kappa shape index (κ1) is 16.9. The summed E-state index contributed by atoms with van der Waals surface area (Å²) < 4.78 is 6.55. The molecule has 4 nitrogen and oxygen atoms in total. The zero-order valence-electron chi connectivity index (χ0n) is 13.0. The lowest BCUT2D eigenvalue weighted by molar-refractivity contribution is 0.102. The highest BCUT2D eigenvalue weighted by Crippen LogP contribution is 2.32. The van der Waals surface area contributed by atoms with Gasteiger partial charge in [0, 0.05) is 14.5 Å². The average Bonchev–Trinajstić information content (AvgIpc) is 3.04. The molecule has 0 atom stereocenters. The van der Waals surface area contributed by atoms with Gasteiger partial charge in [-0.3, -0.25) is 10.1 Å². The number of thiazole rings is 1. The number of nitrogens with one attached hydrogen (secondary N) is 1. The summed E-state index contributed by atoms with van der Waals surface area (Å²) in [5.74, 6) is 0.639. The largest absolute Gasteiger partial charge is 0.493 e. The standard InChI is InChI=1S/C18H15IN2O2S/c1-2-23-16-10-6-4-8-13(16)15-11-24-18(20-15)21-17(22)12-7-3-5-9-14(12)19/h3-11H,2H2,1H3,(H,20,21,22). The molecule has 2 aromatic carbocycles. The SMILES string of the molecule is CCOc1ccccc1-c1csc(NC(=O)c2ccccc2I)n1. The van der Waals surface area contributed by atoms with Crippen LogP contribution in [0.15, 0.2) is 53.9 Å². The Hall–Kier alpha value is -1.93. The summed E-state index contributed by atoms with van der Waals surface area (Å²) in [6.07, 6.45) is 0. The summed E-state index contributed by atoms with van der Waals surface area (Å²) in [6.45, 7) is 2.54. The van der Waals surface area contributed by atoms with Crippen molar-refractivity contribution in [1.29, 1.82) is 0 Å². The zero-order chi connectivity index (χ0) is 16.9. The van der Waals surface area contributed by atoms with Crippen molar-refractivity contribution in [3.8, 4) is 17.0 Å². The Bertz CT molecular complexity index is 863. The van der Waals surface area contributed by atoms with Crippen LogP contribution in [0.3, 0.4) is 0 Å². The third-order valence-corrected chi connectivity index (χ3v) is 5.00. The highest BCUT2D eigenvalue weighted by atomic mass is 127. The molecule has 122 valence electrons. The van der Waals surface area contributed by atoms with Crippen molar-refractivity contribution >= 4 is 45.0 Å². The number of para-hydroxylation sites is 1. The van der Waals surface area contributed by atoms with E-state index in [0.29, 0.717) is 17.3 Å². The van der Waals surface area contributed by atoms with Crippen LogP contribution in [0.4, 0.5) is 5.13 Å². The molecule has 0 aliphatic heterocycles. The Morgan fingerprint density at radius 3 is 2.75 bits per heavy atom. The first-order valence-corrected chi connectivity index (χ1v) is 9.38. The third kappa shape index (κ3) is 3.76. The highest BCUT2D eigenvalue weighted by Gasteiger charge is 2.14. The van der Waals surface area contributed by atoms with Gasteiger partial charge in [0.1, 0.15) is 5.75 Å². The topological polar surface area (TPSA) is 51.2 Å². The molecule has 24 heavy (non-hydrogen) atoms. The summed E-state index contributed by atoms with van der Waals surface area (Å²) in [4.78, 5) is 16.9. The van der Waals surface area contributed by atoms with E-state index in [2.05, 4.69) is 32.9 Å². The van der Waals surface area contributed by atoms with Crippen molar-refractivity contribution in [2.75, 3.05) is 11.9 Å². The van der Waals surface area contributed by atoms with E-state index in [1.54, 1.807) is 6.07 Å². The third-order valence-electron chi connectivity index (χ3n) is 3.31. The van der Waals surface area contributed by atoms with Crippen molar-refractivity contribution in [1.82, 2.24) is 4.98 Å². The summed E-state index contributed by atoms with van der Waals surface area (Å²) in [6, 6.07) is 15.2. The monoisotopic (exact) mass is 450 g/mol. The first-order valence-electron chi connectivity index (χ1n) is 7.42. The van der Waals surface area contributed by atoms with Crippen molar-refractivity contribution < 1.29 is 9.53 Å². The Labute approximate surface area is 158 Å². The molecule has 3 rings (SSSR count). The van der Waals surface area contributed by atoms with Gasteiger partial charge in [-0.1, -0.05) is 24.3 Å². The second kappa shape index (κ2) is 7.76. The van der Waals surface area contributed by atoms with Gasteiger partial charge in [-0.2, -0.15) is 0 Å². The number of hydrogen-bond donors (Lipinski definition) is 1. The van der Waals surface area contributed by atoms with Crippen LogP contribution in [0, 0.1) is 3.57 Å². The smallest absolute Gasteiger partial charge is 0.258 e. The molecule has 0 aliphatic rings. The van der Waals surface area contributed by atoms with E-state index in [-0.39, 0.29) is 5.91 Å². The highest BCUT2D eigenvalue weighted by molar-refractivity contribution is 14.1. The van der Waals surface area contributed by atoms with Crippen molar-refractivity contribution in [2.24, 2.45) is 0 Å². The molecule has 0 saturated heterocycles. The maximum absolute atomic E-state index is 12.4. The lowest BCUT2D eigenvalue weighted by Crippen LogP contribution is -2.13. The van der Waals surface area contributed by atoms with Crippen LogP contribution in [-0.4, -0.2) is 17.5 Å². The van der Waals surface area contributed by atoms with Crippen molar-refractivity contribution in [3.05, 3.63) is 63.0 Å². The number of amides is 1. The Balaban J connectivity index is 1.82. The number of ether oxygens (including phenoxy) is 1. The maximum atomic E-state index is 12.4. The van der Waals surface area contributed by atoms with Crippen LogP contribution in [0.25, 0.3) is 11.3 Å². The summed E-state index contributed by atoms with van der Waals surface area (Å²) >= 11 is 3.55. The molecule has 6 heteroatoms. The summed E-state index contributed by atoms with van der Waals surface area (Å²) in [5, 5.41) is 5.35. The molecule has 0 radical (unpaired) electrons. The number of anilines is 1. The van der Waals surface area contributed by atoms with Crippen molar-refractivity contribution in [3.63, 3.8) is 0 Å². The van der Waals surface area contributed by atoms with Crippen LogP contribution in [-0.2, 0) is 0 Å². The number of rotatable bonds is 5. The fraction of sp³-hybridized carbons (Fsp3) is 0.111. The molecular formula is C18H15IN2O2S. The molecule has 1 amide bonds. The zero-order valence-corrected chi connectivity index (χ0v) is 15.9. The minimum Gasteiger partial charge on any atom is -0.493 e. The minimum atomic E-state index is -0.154. The van der Waals surface area contributed by atoms with Crippen LogP contribution < -0.4 is 10.1 Å². The molecule has 0 aliphatic carbocycles. The van der Waals surface area contributed by atoms with E-state index in [4.69, 9.17) is 4.74 Å². The first-order chi connectivity index (χ1) is 11.7. The fourth-order valence-electron chi connectivity index (χ4n) is 2.22. The van der Waals surface area contributed by atoms with Gasteiger partial charge in [0.25, 0.3) is 5.91 Å². The lowest BCUT2D eigenvalue weighted by Gasteiger charge is -2.07. The molecular weight excluding hydrogens is 435 g/mol. The predicted octanol–water partition coefficient (Wildman–Crippen LogP) is 5.07. The molecule has 1 aromatic heterocycles. The van der Waals surface area contributed by atoms with E-state index in [1.165, 1.54) is 11.3 Å². The van der Waals surface area contributed by atoms with Crippen LogP contribution >= 0.6 is 33.9 Å². The number of carbonyl (C=O) groups is 1. The molecule has 0 saturated carbocycles. The lowest BCUT2D eigenvalue weighted by atomic mass is 10.1. The van der Waals surface area contributed by atoms with Gasteiger partial charge in [-0.15, -0.1) is 11.3 Å². The van der Waals surface area contributed by atoms with Gasteiger partial charge in [0.2, 0.25) is 0 Å². The molecule has 0 bridgehead atoms. The van der Waals surface area contributed by atoms with E-state index >= 15 is 0 Å². The van der Waals surface area contributed by atoms with Gasteiger partial charge >= 0.3 is 0 Å². The number of benzene rings is 2. The number of halogens is 1. The molecule has 1 heterocycles. The van der Waals surface area contributed by atoms with Crippen molar-refractivity contribution in [2.45, 2.75) is 6.92 Å². The second-order valence-corrected chi connectivity index (χ2v) is 6.92. The van der Waals surface area contributed by atoms with Gasteiger partial charge in [0.15, 0.2) is 5.13 Å². The molecule has 0 unspecified atom stereocenters. The van der Waals surface area contributed by atoms with Gasteiger partial charge in [-0.05, 0) is 53.8 Å². The summed E-state index contributed by atoms with van der Waals surface area (Å²) in [7, 11) is 0. The van der Waals surface area contributed by atoms with E-state index in [9.17, 15) is 4.79 Å².